The minimum atomic E-state index is 0.967. The molecule has 0 radical (unpaired) electrons. The molecule has 0 aromatic heterocycles. The molecule has 0 saturated heterocycles. The summed E-state index contributed by atoms with van der Waals surface area (Å²) in [6, 6.07) is 0. The number of hydrogen-bond acceptors (Lipinski definition) is 1. The third-order valence-corrected chi connectivity index (χ3v) is 4.90. The van der Waals surface area contributed by atoms with E-state index in [9.17, 15) is 0 Å². The quantitative estimate of drug-likeness (QED) is 0.609. The molecule has 0 amide bonds. The zero-order chi connectivity index (χ0) is 13.2. The Balaban J connectivity index is 2.38. The second-order valence-corrected chi connectivity index (χ2v) is 6.26. The highest BCUT2D eigenvalue weighted by Crippen LogP contribution is 2.36. The number of nitrogens with one attached hydrogen (secondary N) is 1. The third-order valence-electron chi connectivity index (χ3n) is 4.90. The van der Waals surface area contributed by atoms with Gasteiger partial charge in [-0.1, -0.05) is 65.7 Å². The van der Waals surface area contributed by atoms with Crippen molar-refractivity contribution in [2.75, 3.05) is 13.1 Å². The second-order valence-electron chi connectivity index (χ2n) is 6.26. The first-order valence-corrected chi connectivity index (χ1v) is 8.52. The van der Waals surface area contributed by atoms with Crippen molar-refractivity contribution in [1.82, 2.24) is 5.32 Å². The molecule has 1 nitrogen and oxygen atoms in total. The normalized spacial score (nSPS) is 26.2. The molecule has 1 saturated carbocycles. The Morgan fingerprint density at radius 3 is 2.39 bits per heavy atom. The molecule has 108 valence electrons. The molecule has 3 atom stereocenters. The lowest BCUT2D eigenvalue weighted by molar-refractivity contribution is 0.185. The van der Waals surface area contributed by atoms with E-state index in [1.807, 2.05) is 0 Å². The van der Waals surface area contributed by atoms with Gasteiger partial charge in [0.15, 0.2) is 0 Å². The maximum absolute atomic E-state index is 3.58. The van der Waals surface area contributed by atoms with Crippen molar-refractivity contribution in [3.05, 3.63) is 0 Å². The Bertz CT molecular complexity index is 190. The monoisotopic (exact) mass is 253 g/mol. The molecule has 1 N–H and O–H groups in total. The van der Waals surface area contributed by atoms with Crippen LogP contribution in [0.2, 0.25) is 0 Å². The maximum atomic E-state index is 3.58. The van der Waals surface area contributed by atoms with Gasteiger partial charge in [-0.2, -0.15) is 0 Å². The van der Waals surface area contributed by atoms with Crippen LogP contribution >= 0.6 is 0 Å². The van der Waals surface area contributed by atoms with Gasteiger partial charge in [-0.15, -0.1) is 0 Å². The standard InChI is InChI=1S/C17H35N/c1-4-7-10-15(5-2)13-16-11-8-9-12-17(16)14-18-6-3/h15-18H,4-14H2,1-3H3. The van der Waals surface area contributed by atoms with Gasteiger partial charge in [0.05, 0.1) is 0 Å². The highest BCUT2D eigenvalue weighted by molar-refractivity contribution is 4.79. The van der Waals surface area contributed by atoms with Crippen molar-refractivity contribution in [3.63, 3.8) is 0 Å². The van der Waals surface area contributed by atoms with E-state index in [1.54, 1.807) is 0 Å². The smallest absolute Gasteiger partial charge is 0.00180 e. The molecule has 18 heavy (non-hydrogen) atoms. The first-order valence-electron chi connectivity index (χ1n) is 8.52. The van der Waals surface area contributed by atoms with E-state index >= 15 is 0 Å². The highest BCUT2D eigenvalue weighted by Gasteiger charge is 2.26. The van der Waals surface area contributed by atoms with E-state index in [1.165, 1.54) is 64.3 Å². The number of rotatable bonds is 9. The van der Waals surface area contributed by atoms with Crippen LogP contribution in [0.25, 0.3) is 0 Å². The Morgan fingerprint density at radius 2 is 1.78 bits per heavy atom. The van der Waals surface area contributed by atoms with Gasteiger partial charge >= 0.3 is 0 Å². The minimum Gasteiger partial charge on any atom is -0.317 e. The largest absolute Gasteiger partial charge is 0.317 e. The molecule has 0 aliphatic heterocycles. The molecule has 0 spiro atoms. The van der Waals surface area contributed by atoms with E-state index in [0.29, 0.717) is 0 Å². The van der Waals surface area contributed by atoms with Crippen molar-refractivity contribution in [2.45, 2.75) is 78.6 Å². The zero-order valence-corrected chi connectivity index (χ0v) is 13.0. The minimum absolute atomic E-state index is 0.967. The van der Waals surface area contributed by atoms with Crippen molar-refractivity contribution < 1.29 is 0 Å². The van der Waals surface area contributed by atoms with Gasteiger partial charge in [0.1, 0.15) is 0 Å². The average Bonchev–Trinajstić information content (AvgIpc) is 2.42. The van der Waals surface area contributed by atoms with Gasteiger partial charge < -0.3 is 5.32 Å². The molecular formula is C17H35N. The summed E-state index contributed by atoms with van der Waals surface area (Å²) in [5.41, 5.74) is 0. The first-order chi connectivity index (χ1) is 8.81. The van der Waals surface area contributed by atoms with E-state index in [2.05, 4.69) is 26.1 Å². The van der Waals surface area contributed by atoms with Gasteiger partial charge in [0.25, 0.3) is 0 Å². The van der Waals surface area contributed by atoms with Crippen LogP contribution in [0.4, 0.5) is 0 Å². The van der Waals surface area contributed by atoms with Crippen LogP contribution in [-0.4, -0.2) is 13.1 Å². The first kappa shape index (κ1) is 16.0. The van der Waals surface area contributed by atoms with Gasteiger partial charge in [-0.25, -0.2) is 0 Å². The third kappa shape index (κ3) is 5.73. The number of hydrogen-bond donors (Lipinski definition) is 1. The molecule has 1 aliphatic rings. The van der Waals surface area contributed by atoms with Crippen LogP contribution in [0.15, 0.2) is 0 Å². The summed E-state index contributed by atoms with van der Waals surface area (Å²) in [5.74, 6) is 2.98. The van der Waals surface area contributed by atoms with Crippen LogP contribution in [0.5, 0.6) is 0 Å². The van der Waals surface area contributed by atoms with Gasteiger partial charge in [-0.05, 0) is 43.7 Å². The van der Waals surface area contributed by atoms with Crippen LogP contribution in [0, 0.1) is 17.8 Å². The molecule has 0 heterocycles. The topological polar surface area (TPSA) is 12.0 Å². The van der Waals surface area contributed by atoms with Crippen LogP contribution < -0.4 is 5.32 Å². The fourth-order valence-corrected chi connectivity index (χ4v) is 3.60. The van der Waals surface area contributed by atoms with E-state index in [0.717, 1.165) is 24.3 Å². The van der Waals surface area contributed by atoms with Gasteiger partial charge in [0, 0.05) is 0 Å². The van der Waals surface area contributed by atoms with Crippen molar-refractivity contribution in [2.24, 2.45) is 17.8 Å². The molecule has 3 unspecified atom stereocenters. The molecule has 0 aromatic carbocycles. The van der Waals surface area contributed by atoms with Gasteiger partial charge in [0.2, 0.25) is 0 Å². The molecule has 1 heteroatoms. The molecule has 1 fully saturated rings. The molecule has 1 rings (SSSR count). The lowest BCUT2D eigenvalue weighted by atomic mass is 9.73. The SMILES string of the molecule is CCCCC(CC)CC1CCCCC1CNCC. The highest BCUT2D eigenvalue weighted by atomic mass is 14.8. The summed E-state index contributed by atoms with van der Waals surface area (Å²) in [5, 5.41) is 3.58. The van der Waals surface area contributed by atoms with Gasteiger partial charge in [-0.3, -0.25) is 0 Å². The van der Waals surface area contributed by atoms with Crippen LogP contribution in [0.3, 0.4) is 0 Å². The van der Waals surface area contributed by atoms with E-state index in [-0.39, 0.29) is 0 Å². The van der Waals surface area contributed by atoms with Crippen LogP contribution in [-0.2, 0) is 0 Å². The predicted octanol–water partition coefficient (Wildman–Crippen LogP) is 5.01. The maximum Gasteiger partial charge on any atom is -0.00180 e. The predicted molar refractivity (Wildman–Crippen MR) is 81.9 cm³/mol. The fraction of sp³-hybridized carbons (Fsp3) is 1.00. The summed E-state index contributed by atoms with van der Waals surface area (Å²) < 4.78 is 0. The average molecular weight is 253 g/mol. The van der Waals surface area contributed by atoms with Crippen molar-refractivity contribution in [1.29, 1.82) is 0 Å². The zero-order valence-electron chi connectivity index (χ0n) is 13.0. The molecular weight excluding hydrogens is 218 g/mol. The molecule has 0 bridgehead atoms. The van der Waals surface area contributed by atoms with Crippen molar-refractivity contribution >= 4 is 0 Å². The Hall–Kier alpha value is -0.0400. The second kappa shape index (κ2) is 9.83. The lowest BCUT2D eigenvalue weighted by Gasteiger charge is -2.34. The summed E-state index contributed by atoms with van der Waals surface area (Å²) in [6.07, 6.45) is 13.1. The Morgan fingerprint density at radius 1 is 1.06 bits per heavy atom. The molecule has 1 aliphatic carbocycles. The van der Waals surface area contributed by atoms with E-state index < -0.39 is 0 Å². The Labute approximate surface area is 115 Å². The Kier molecular flexibility index (Phi) is 8.75. The summed E-state index contributed by atoms with van der Waals surface area (Å²) in [4.78, 5) is 0. The summed E-state index contributed by atoms with van der Waals surface area (Å²) in [6.45, 7) is 9.35. The lowest BCUT2D eigenvalue weighted by Crippen LogP contribution is -2.31. The number of unbranched alkanes of at least 4 members (excludes halogenated alkanes) is 1. The molecule has 0 aromatic rings. The van der Waals surface area contributed by atoms with Crippen molar-refractivity contribution in [3.8, 4) is 0 Å². The summed E-state index contributed by atoms with van der Waals surface area (Å²) >= 11 is 0. The fourth-order valence-electron chi connectivity index (χ4n) is 3.60. The van der Waals surface area contributed by atoms with E-state index in [4.69, 9.17) is 0 Å². The summed E-state index contributed by atoms with van der Waals surface area (Å²) in [7, 11) is 0. The van der Waals surface area contributed by atoms with Crippen LogP contribution in [0.1, 0.15) is 78.6 Å².